The molecule has 0 heterocycles. The summed E-state index contributed by atoms with van der Waals surface area (Å²) in [5, 5.41) is 11.4. The summed E-state index contributed by atoms with van der Waals surface area (Å²) in [6.45, 7) is 1.24. The molecule has 1 N–H and O–H groups in total. The monoisotopic (exact) mass is 536 g/mol. The highest BCUT2D eigenvalue weighted by Crippen LogP contribution is 2.21. The van der Waals surface area contributed by atoms with Gasteiger partial charge in [-0.05, 0) is 22.3 Å². The fraction of sp³-hybridized carbons (Fsp3) is 0.257. The van der Waals surface area contributed by atoms with Crippen molar-refractivity contribution in [1.29, 1.82) is 0 Å². The number of terminal acetylenes is 1. The van der Waals surface area contributed by atoms with Gasteiger partial charge in [-0.15, -0.1) is 6.42 Å². The van der Waals surface area contributed by atoms with E-state index in [4.69, 9.17) is 25.4 Å². The summed E-state index contributed by atoms with van der Waals surface area (Å²) in [6.07, 6.45) is 2.60. The molecule has 40 heavy (non-hydrogen) atoms. The molecule has 0 saturated carbocycles. The molecule has 0 aliphatic heterocycles. The molecule has 4 rings (SSSR count). The molecule has 0 saturated heterocycles. The Kier molecular flexibility index (Phi) is 12.0. The molecular weight excluding hydrogens is 500 g/mol. The Morgan fingerprint density at radius 3 is 1.32 bits per heavy atom. The first-order valence-corrected chi connectivity index (χ1v) is 13.5. The summed E-state index contributed by atoms with van der Waals surface area (Å²) in [7, 11) is 0. The molecule has 0 aliphatic rings. The van der Waals surface area contributed by atoms with Crippen LogP contribution in [0.15, 0.2) is 121 Å². The average Bonchev–Trinajstić information content (AvgIpc) is 3.01. The summed E-state index contributed by atoms with van der Waals surface area (Å²) in [4.78, 5) is 0. The number of aliphatic hydroxyl groups is 1. The van der Waals surface area contributed by atoms with Crippen molar-refractivity contribution < 1.29 is 24.1 Å². The Balaban J connectivity index is 1.53. The Bertz CT molecular complexity index is 1260. The van der Waals surface area contributed by atoms with Crippen LogP contribution in [0.1, 0.15) is 22.3 Å². The normalized spacial score (nSPS) is 14.1. The van der Waals surface area contributed by atoms with Crippen LogP contribution in [0.25, 0.3) is 0 Å². The highest BCUT2D eigenvalue weighted by Gasteiger charge is 2.36. The van der Waals surface area contributed by atoms with Gasteiger partial charge in [-0.1, -0.05) is 127 Å². The van der Waals surface area contributed by atoms with Gasteiger partial charge >= 0.3 is 0 Å². The highest BCUT2D eigenvalue weighted by atomic mass is 16.6. The fourth-order valence-electron chi connectivity index (χ4n) is 4.28. The Hall–Kier alpha value is -3.76. The van der Waals surface area contributed by atoms with Gasteiger partial charge in [-0.25, -0.2) is 0 Å². The van der Waals surface area contributed by atoms with Gasteiger partial charge < -0.3 is 24.1 Å². The molecule has 0 fully saturated rings. The minimum Gasteiger partial charge on any atom is -0.388 e. The van der Waals surface area contributed by atoms with Crippen molar-refractivity contribution >= 4 is 0 Å². The quantitative estimate of drug-likeness (QED) is 0.179. The molecule has 4 aromatic rings. The predicted octanol–water partition coefficient (Wildman–Crippen LogP) is 5.95. The van der Waals surface area contributed by atoms with E-state index in [9.17, 15) is 5.11 Å². The van der Waals surface area contributed by atoms with Crippen molar-refractivity contribution in [2.45, 2.75) is 50.8 Å². The highest BCUT2D eigenvalue weighted by molar-refractivity contribution is 5.17. The van der Waals surface area contributed by atoms with E-state index in [0.717, 1.165) is 22.3 Å². The molecule has 4 atom stereocenters. The lowest BCUT2D eigenvalue weighted by Gasteiger charge is -2.34. The van der Waals surface area contributed by atoms with E-state index in [1.54, 1.807) is 0 Å². The molecule has 0 radical (unpaired) electrons. The standard InChI is InChI=1S/C35H36O5/c1-2-33(38-24-29-17-9-4-10-18-29)35(40-26-31-21-13-6-14-22-31)34(39-25-30-19-11-5-12-20-30)32(36)27-37-23-28-15-7-3-8-16-28/h1,3-22,32-36H,23-27H2/t32-,33+,34-,35-/m1/s1. The predicted molar refractivity (Wildman–Crippen MR) is 156 cm³/mol. The molecule has 0 spiro atoms. The van der Waals surface area contributed by atoms with Gasteiger partial charge in [0.25, 0.3) is 0 Å². The first-order valence-electron chi connectivity index (χ1n) is 13.5. The maximum absolute atomic E-state index is 11.4. The molecule has 0 bridgehead atoms. The second-order valence-corrected chi connectivity index (χ2v) is 9.47. The molecule has 4 aromatic carbocycles. The van der Waals surface area contributed by atoms with Gasteiger partial charge in [-0.3, -0.25) is 0 Å². The molecule has 5 heteroatoms. The first kappa shape index (κ1) is 29.2. The topological polar surface area (TPSA) is 57.2 Å². The van der Waals surface area contributed by atoms with Crippen LogP contribution in [-0.2, 0) is 45.4 Å². The first-order chi connectivity index (χ1) is 19.7. The summed E-state index contributed by atoms with van der Waals surface area (Å²) >= 11 is 0. The number of aliphatic hydroxyl groups excluding tert-OH is 1. The SMILES string of the molecule is C#C[C@H](OCc1ccccc1)[C@@H](OCc1ccccc1)[C@H](OCc1ccccc1)[C@H](O)COCc1ccccc1. The lowest BCUT2D eigenvalue weighted by atomic mass is 10.0. The number of ether oxygens (including phenoxy) is 4. The van der Waals surface area contributed by atoms with Crippen LogP contribution in [-0.4, -0.2) is 36.1 Å². The Morgan fingerprint density at radius 1 is 0.525 bits per heavy atom. The number of hydrogen-bond donors (Lipinski definition) is 1. The molecule has 0 aromatic heterocycles. The van der Waals surface area contributed by atoms with Crippen LogP contribution in [0, 0.1) is 12.3 Å². The molecule has 0 amide bonds. The zero-order chi connectivity index (χ0) is 27.8. The maximum atomic E-state index is 11.4. The van der Waals surface area contributed by atoms with Gasteiger partial charge in [0.2, 0.25) is 0 Å². The molecule has 0 unspecified atom stereocenters. The Morgan fingerprint density at radius 2 is 0.900 bits per heavy atom. The summed E-state index contributed by atoms with van der Waals surface area (Å²) in [6, 6.07) is 39.2. The molecule has 0 aliphatic carbocycles. The van der Waals surface area contributed by atoms with E-state index < -0.39 is 24.4 Å². The van der Waals surface area contributed by atoms with Gasteiger partial charge in [0, 0.05) is 0 Å². The second kappa shape index (κ2) is 16.4. The van der Waals surface area contributed by atoms with E-state index in [0.29, 0.717) is 13.2 Å². The minimum atomic E-state index is -1.02. The van der Waals surface area contributed by atoms with Crippen molar-refractivity contribution in [2.24, 2.45) is 0 Å². The number of rotatable bonds is 16. The van der Waals surface area contributed by atoms with E-state index in [2.05, 4.69) is 5.92 Å². The molecule has 5 nitrogen and oxygen atoms in total. The van der Waals surface area contributed by atoms with Crippen molar-refractivity contribution in [2.75, 3.05) is 6.61 Å². The van der Waals surface area contributed by atoms with Gasteiger partial charge in [-0.2, -0.15) is 0 Å². The number of benzene rings is 4. The minimum absolute atomic E-state index is 0.0372. The van der Waals surface area contributed by atoms with Crippen LogP contribution in [0.2, 0.25) is 0 Å². The summed E-state index contributed by atoms with van der Waals surface area (Å²) < 4.78 is 24.8. The third-order valence-electron chi connectivity index (χ3n) is 6.41. The van der Waals surface area contributed by atoms with Crippen LogP contribution in [0.5, 0.6) is 0 Å². The van der Waals surface area contributed by atoms with E-state index in [1.807, 2.05) is 121 Å². The summed E-state index contributed by atoms with van der Waals surface area (Å²) in [5.41, 5.74) is 3.94. The van der Waals surface area contributed by atoms with Crippen molar-refractivity contribution in [3.8, 4) is 12.3 Å². The van der Waals surface area contributed by atoms with E-state index >= 15 is 0 Å². The zero-order valence-corrected chi connectivity index (χ0v) is 22.5. The van der Waals surface area contributed by atoms with Crippen molar-refractivity contribution in [3.63, 3.8) is 0 Å². The largest absolute Gasteiger partial charge is 0.388 e. The van der Waals surface area contributed by atoms with Gasteiger partial charge in [0.05, 0.1) is 33.0 Å². The third-order valence-corrected chi connectivity index (χ3v) is 6.41. The number of hydrogen-bond acceptors (Lipinski definition) is 5. The van der Waals surface area contributed by atoms with Crippen LogP contribution < -0.4 is 0 Å². The fourth-order valence-corrected chi connectivity index (χ4v) is 4.28. The van der Waals surface area contributed by atoms with Crippen LogP contribution in [0.4, 0.5) is 0 Å². The average molecular weight is 537 g/mol. The second-order valence-electron chi connectivity index (χ2n) is 9.47. The lowest BCUT2D eigenvalue weighted by molar-refractivity contribution is -0.176. The van der Waals surface area contributed by atoms with Gasteiger partial charge in [0.15, 0.2) is 0 Å². The van der Waals surface area contributed by atoms with Crippen LogP contribution >= 0.6 is 0 Å². The summed E-state index contributed by atoms with van der Waals surface area (Å²) in [5.74, 6) is 2.75. The molecular formula is C35H36O5. The lowest BCUT2D eigenvalue weighted by Crippen LogP contribution is -2.49. The van der Waals surface area contributed by atoms with E-state index in [-0.39, 0.29) is 19.8 Å². The third kappa shape index (κ3) is 9.46. The molecule has 206 valence electrons. The van der Waals surface area contributed by atoms with Crippen LogP contribution in [0.3, 0.4) is 0 Å². The van der Waals surface area contributed by atoms with E-state index in [1.165, 1.54) is 0 Å². The maximum Gasteiger partial charge on any atom is 0.147 e. The van der Waals surface area contributed by atoms with Gasteiger partial charge in [0.1, 0.15) is 24.4 Å². The van der Waals surface area contributed by atoms with Crippen molar-refractivity contribution in [1.82, 2.24) is 0 Å². The Labute approximate surface area is 237 Å². The smallest absolute Gasteiger partial charge is 0.147 e. The zero-order valence-electron chi connectivity index (χ0n) is 22.5. The van der Waals surface area contributed by atoms with Crippen molar-refractivity contribution in [3.05, 3.63) is 144 Å².